The second kappa shape index (κ2) is 6.39. The highest BCUT2D eigenvalue weighted by atomic mass is 16.5. The lowest BCUT2D eigenvalue weighted by atomic mass is 10.1. The van der Waals surface area contributed by atoms with Crippen molar-refractivity contribution in [2.75, 3.05) is 37.0 Å². The summed E-state index contributed by atoms with van der Waals surface area (Å²) < 4.78 is 5.15. The number of hydrogen-bond donors (Lipinski definition) is 1. The predicted molar refractivity (Wildman–Crippen MR) is 81.6 cm³/mol. The van der Waals surface area contributed by atoms with Gasteiger partial charge in [0.05, 0.1) is 7.11 Å². The van der Waals surface area contributed by atoms with Crippen LogP contribution >= 0.6 is 0 Å². The Morgan fingerprint density at radius 3 is 3.05 bits per heavy atom. The van der Waals surface area contributed by atoms with E-state index in [4.69, 9.17) is 4.74 Å². The molecule has 110 valence electrons. The Hall–Kier alpha value is -2.37. The molecule has 3 heterocycles. The van der Waals surface area contributed by atoms with E-state index in [0.29, 0.717) is 11.8 Å². The van der Waals surface area contributed by atoms with E-state index in [1.165, 1.54) is 0 Å². The molecule has 6 heteroatoms. The smallest absolute Gasteiger partial charge is 0.228 e. The van der Waals surface area contributed by atoms with Gasteiger partial charge in [0.25, 0.3) is 0 Å². The maximum Gasteiger partial charge on any atom is 0.228 e. The van der Waals surface area contributed by atoms with Crippen LogP contribution in [0.25, 0.3) is 0 Å². The Morgan fingerprint density at radius 1 is 1.29 bits per heavy atom. The standard InChI is InChI=1S/C15H19N5O/c1-21-14-5-8-17-15(19-14)20-9-6-12(11-20)10-18-13-4-2-3-7-16-13/h2-5,7-8,12H,6,9-11H2,1H3,(H,16,18). The molecule has 2 aromatic rings. The zero-order valence-electron chi connectivity index (χ0n) is 12.1. The highest BCUT2D eigenvalue weighted by Gasteiger charge is 2.24. The van der Waals surface area contributed by atoms with Crippen molar-refractivity contribution >= 4 is 11.8 Å². The lowest BCUT2D eigenvalue weighted by Crippen LogP contribution is -2.24. The number of ether oxygens (including phenoxy) is 1. The number of hydrogen-bond acceptors (Lipinski definition) is 6. The normalized spacial score (nSPS) is 17.8. The van der Waals surface area contributed by atoms with Gasteiger partial charge in [-0.1, -0.05) is 6.07 Å². The Kier molecular flexibility index (Phi) is 4.14. The van der Waals surface area contributed by atoms with E-state index in [2.05, 4.69) is 25.2 Å². The van der Waals surface area contributed by atoms with Crippen molar-refractivity contribution < 1.29 is 4.74 Å². The summed E-state index contributed by atoms with van der Waals surface area (Å²) >= 11 is 0. The molecule has 3 rings (SSSR count). The van der Waals surface area contributed by atoms with E-state index in [1.54, 1.807) is 25.6 Å². The quantitative estimate of drug-likeness (QED) is 0.904. The molecule has 1 fully saturated rings. The van der Waals surface area contributed by atoms with E-state index in [1.807, 2.05) is 18.2 Å². The monoisotopic (exact) mass is 285 g/mol. The third-order valence-corrected chi connectivity index (χ3v) is 3.63. The first kappa shape index (κ1) is 13.6. The SMILES string of the molecule is COc1ccnc(N2CCC(CNc3ccccn3)C2)n1. The van der Waals surface area contributed by atoms with E-state index >= 15 is 0 Å². The lowest BCUT2D eigenvalue weighted by molar-refractivity contribution is 0.397. The summed E-state index contributed by atoms with van der Waals surface area (Å²) in [7, 11) is 1.62. The second-order valence-electron chi connectivity index (χ2n) is 5.10. The van der Waals surface area contributed by atoms with Crippen molar-refractivity contribution in [3.63, 3.8) is 0 Å². The zero-order chi connectivity index (χ0) is 14.5. The largest absolute Gasteiger partial charge is 0.481 e. The van der Waals surface area contributed by atoms with Crippen LogP contribution in [-0.2, 0) is 0 Å². The number of nitrogens with one attached hydrogen (secondary N) is 1. The van der Waals surface area contributed by atoms with E-state index in [0.717, 1.165) is 37.8 Å². The molecule has 0 aromatic carbocycles. The van der Waals surface area contributed by atoms with Crippen LogP contribution in [0.1, 0.15) is 6.42 Å². The van der Waals surface area contributed by atoms with Crippen LogP contribution in [0.5, 0.6) is 5.88 Å². The lowest BCUT2D eigenvalue weighted by Gasteiger charge is -2.17. The van der Waals surface area contributed by atoms with Gasteiger partial charge in [-0.15, -0.1) is 0 Å². The second-order valence-corrected chi connectivity index (χ2v) is 5.10. The fourth-order valence-corrected chi connectivity index (χ4v) is 2.50. The summed E-state index contributed by atoms with van der Waals surface area (Å²) in [4.78, 5) is 15.2. The van der Waals surface area contributed by atoms with Crippen molar-refractivity contribution in [2.45, 2.75) is 6.42 Å². The molecular formula is C15H19N5O. The minimum absolute atomic E-state index is 0.571. The van der Waals surface area contributed by atoms with Crippen LogP contribution < -0.4 is 15.0 Å². The van der Waals surface area contributed by atoms with Gasteiger partial charge in [-0.3, -0.25) is 0 Å². The Labute approximate surface area is 124 Å². The first-order valence-corrected chi connectivity index (χ1v) is 7.12. The third kappa shape index (κ3) is 3.39. The van der Waals surface area contributed by atoms with Crippen LogP contribution in [0.4, 0.5) is 11.8 Å². The Balaban J connectivity index is 1.55. The number of methoxy groups -OCH3 is 1. The number of nitrogens with zero attached hydrogens (tertiary/aromatic N) is 4. The molecule has 0 spiro atoms. The summed E-state index contributed by atoms with van der Waals surface area (Å²) in [6.07, 6.45) is 4.66. The molecule has 0 amide bonds. The van der Waals surface area contributed by atoms with Gasteiger partial charge in [0.1, 0.15) is 5.82 Å². The van der Waals surface area contributed by atoms with Crippen LogP contribution in [0, 0.1) is 5.92 Å². The van der Waals surface area contributed by atoms with Crippen molar-refractivity contribution in [2.24, 2.45) is 5.92 Å². The average molecular weight is 285 g/mol. The zero-order valence-corrected chi connectivity index (χ0v) is 12.1. The molecule has 0 saturated carbocycles. The van der Waals surface area contributed by atoms with Crippen LogP contribution in [-0.4, -0.2) is 41.7 Å². The van der Waals surface area contributed by atoms with E-state index in [-0.39, 0.29) is 0 Å². The molecule has 2 aromatic heterocycles. The van der Waals surface area contributed by atoms with E-state index < -0.39 is 0 Å². The highest BCUT2D eigenvalue weighted by Crippen LogP contribution is 2.22. The molecule has 1 atom stereocenters. The molecule has 6 nitrogen and oxygen atoms in total. The molecule has 1 saturated heterocycles. The Bertz CT molecular complexity index is 577. The number of anilines is 2. The minimum Gasteiger partial charge on any atom is -0.481 e. The van der Waals surface area contributed by atoms with Gasteiger partial charge in [-0.25, -0.2) is 9.97 Å². The molecule has 0 radical (unpaired) electrons. The first-order valence-electron chi connectivity index (χ1n) is 7.12. The number of pyridine rings is 1. The fraction of sp³-hybridized carbons (Fsp3) is 0.400. The highest BCUT2D eigenvalue weighted by molar-refractivity contribution is 5.35. The third-order valence-electron chi connectivity index (χ3n) is 3.63. The maximum absolute atomic E-state index is 5.15. The summed E-state index contributed by atoms with van der Waals surface area (Å²) in [5.41, 5.74) is 0. The maximum atomic E-state index is 5.15. The van der Waals surface area contributed by atoms with Crippen LogP contribution in [0.15, 0.2) is 36.7 Å². The molecule has 1 aliphatic rings. The van der Waals surface area contributed by atoms with Gasteiger partial charge >= 0.3 is 0 Å². The van der Waals surface area contributed by atoms with Crippen molar-refractivity contribution in [1.82, 2.24) is 15.0 Å². The number of rotatable bonds is 5. The topological polar surface area (TPSA) is 63.2 Å². The molecule has 1 aliphatic heterocycles. The van der Waals surface area contributed by atoms with Crippen LogP contribution in [0.3, 0.4) is 0 Å². The average Bonchev–Trinajstić information content (AvgIpc) is 3.03. The first-order chi connectivity index (χ1) is 10.3. The van der Waals surface area contributed by atoms with Crippen molar-refractivity contribution in [1.29, 1.82) is 0 Å². The van der Waals surface area contributed by atoms with Crippen molar-refractivity contribution in [3.05, 3.63) is 36.7 Å². The molecule has 0 aliphatic carbocycles. The summed E-state index contributed by atoms with van der Waals surface area (Å²) in [5.74, 6) is 2.85. The van der Waals surface area contributed by atoms with Crippen molar-refractivity contribution in [3.8, 4) is 5.88 Å². The summed E-state index contributed by atoms with van der Waals surface area (Å²) in [6, 6.07) is 7.65. The van der Waals surface area contributed by atoms with Crippen LogP contribution in [0.2, 0.25) is 0 Å². The Morgan fingerprint density at radius 2 is 2.24 bits per heavy atom. The predicted octanol–water partition coefficient (Wildman–Crippen LogP) is 1.82. The van der Waals surface area contributed by atoms with Gasteiger partial charge in [-0.05, 0) is 24.5 Å². The van der Waals surface area contributed by atoms with Gasteiger partial charge < -0.3 is 15.0 Å². The molecule has 1 unspecified atom stereocenters. The molecule has 0 bridgehead atoms. The molecule has 21 heavy (non-hydrogen) atoms. The van der Waals surface area contributed by atoms with Gasteiger partial charge in [0.2, 0.25) is 11.8 Å². The number of aromatic nitrogens is 3. The van der Waals surface area contributed by atoms with E-state index in [9.17, 15) is 0 Å². The fourth-order valence-electron chi connectivity index (χ4n) is 2.50. The van der Waals surface area contributed by atoms with Gasteiger partial charge in [0.15, 0.2) is 0 Å². The minimum atomic E-state index is 0.571. The summed E-state index contributed by atoms with van der Waals surface area (Å²) in [6.45, 7) is 2.84. The molecular weight excluding hydrogens is 266 g/mol. The summed E-state index contributed by atoms with van der Waals surface area (Å²) in [5, 5.41) is 3.38. The van der Waals surface area contributed by atoms with Gasteiger partial charge in [0, 0.05) is 38.1 Å². The molecule has 1 N–H and O–H groups in total. The van der Waals surface area contributed by atoms with Gasteiger partial charge in [-0.2, -0.15) is 4.98 Å².